The van der Waals surface area contributed by atoms with Gasteiger partial charge in [0.1, 0.15) is 5.82 Å². The van der Waals surface area contributed by atoms with Crippen LogP contribution in [0.5, 0.6) is 0 Å². The Balaban J connectivity index is 2.41. The maximum Gasteiger partial charge on any atom is 0.173 e. The van der Waals surface area contributed by atoms with E-state index in [0.717, 1.165) is 10.6 Å². The lowest BCUT2D eigenvalue weighted by atomic mass is 10.4. The molecule has 0 saturated heterocycles. The number of aromatic nitrogens is 3. The minimum absolute atomic E-state index is 0.420. The summed E-state index contributed by atoms with van der Waals surface area (Å²) in [4.78, 5) is 13.5. The van der Waals surface area contributed by atoms with Crippen molar-refractivity contribution in [2.75, 3.05) is 12.5 Å². The number of hydrazine groups is 1. The average Bonchev–Trinajstić information content (AvgIpc) is 2.82. The number of nitrogens with one attached hydrogen (secondary N) is 1. The Bertz CT molecular complexity index is 459. The van der Waals surface area contributed by atoms with E-state index in [-0.39, 0.29) is 0 Å². The first-order chi connectivity index (χ1) is 7.83. The molecule has 7 heteroatoms. The summed E-state index contributed by atoms with van der Waals surface area (Å²) in [6.07, 6.45) is 1.72. The molecule has 0 fully saturated rings. The molecule has 0 aliphatic rings. The van der Waals surface area contributed by atoms with Crippen LogP contribution in [0.3, 0.4) is 0 Å². The number of nitrogen functional groups attached to an aromatic ring is 1. The van der Waals surface area contributed by atoms with E-state index < -0.39 is 0 Å². The molecule has 0 bridgehead atoms. The molecule has 0 unspecified atom stereocenters. The second kappa shape index (κ2) is 4.97. The number of hydrogen-bond acceptors (Lipinski definition) is 7. The van der Waals surface area contributed by atoms with Crippen molar-refractivity contribution in [2.24, 2.45) is 5.84 Å². The number of nitrogens with zero attached hydrogens (tertiary/aromatic N) is 3. The topological polar surface area (TPSA) is 86.0 Å². The SMILES string of the molecule is COCc1cc(NN)nc(-c2cncs2)n1. The highest BCUT2D eigenvalue weighted by molar-refractivity contribution is 7.13. The van der Waals surface area contributed by atoms with Gasteiger partial charge in [-0.15, -0.1) is 11.3 Å². The van der Waals surface area contributed by atoms with Crippen molar-refractivity contribution in [3.8, 4) is 10.7 Å². The second-order valence-corrected chi connectivity index (χ2v) is 3.90. The van der Waals surface area contributed by atoms with Crippen LogP contribution in [0.1, 0.15) is 5.69 Å². The molecule has 0 aromatic carbocycles. The monoisotopic (exact) mass is 237 g/mol. The molecule has 2 heterocycles. The second-order valence-electron chi connectivity index (χ2n) is 3.01. The zero-order chi connectivity index (χ0) is 11.4. The Morgan fingerprint density at radius 2 is 2.38 bits per heavy atom. The van der Waals surface area contributed by atoms with E-state index in [4.69, 9.17) is 10.6 Å². The Morgan fingerprint density at radius 3 is 3.00 bits per heavy atom. The third kappa shape index (κ3) is 2.32. The third-order valence-corrected chi connectivity index (χ3v) is 2.64. The first kappa shape index (κ1) is 10.9. The van der Waals surface area contributed by atoms with Crippen LogP contribution in [0.4, 0.5) is 5.82 Å². The van der Waals surface area contributed by atoms with Crippen molar-refractivity contribution in [3.63, 3.8) is 0 Å². The number of rotatable bonds is 4. The lowest BCUT2D eigenvalue weighted by molar-refractivity contribution is 0.181. The zero-order valence-corrected chi connectivity index (χ0v) is 9.49. The van der Waals surface area contributed by atoms with Crippen LogP contribution < -0.4 is 11.3 Å². The molecule has 84 valence electrons. The van der Waals surface area contributed by atoms with Crippen molar-refractivity contribution in [2.45, 2.75) is 6.61 Å². The Hall–Kier alpha value is -1.57. The van der Waals surface area contributed by atoms with E-state index in [1.54, 1.807) is 24.9 Å². The van der Waals surface area contributed by atoms with E-state index in [9.17, 15) is 0 Å². The van der Waals surface area contributed by atoms with Gasteiger partial charge in [0.25, 0.3) is 0 Å². The van der Waals surface area contributed by atoms with Gasteiger partial charge in [-0.3, -0.25) is 4.98 Å². The van der Waals surface area contributed by atoms with Crippen molar-refractivity contribution in [1.29, 1.82) is 0 Å². The maximum atomic E-state index is 5.34. The molecule has 3 N–H and O–H groups in total. The normalized spacial score (nSPS) is 10.4. The van der Waals surface area contributed by atoms with Crippen molar-refractivity contribution >= 4 is 17.2 Å². The van der Waals surface area contributed by atoms with Gasteiger partial charge in [-0.1, -0.05) is 0 Å². The van der Waals surface area contributed by atoms with Gasteiger partial charge < -0.3 is 10.2 Å². The fourth-order valence-corrected chi connectivity index (χ4v) is 1.78. The number of anilines is 1. The number of ether oxygens (including phenoxy) is 1. The molecule has 2 aromatic rings. The van der Waals surface area contributed by atoms with Crippen molar-refractivity contribution in [3.05, 3.63) is 23.5 Å². The van der Waals surface area contributed by atoms with E-state index in [1.807, 2.05) is 0 Å². The minimum atomic E-state index is 0.420. The van der Waals surface area contributed by atoms with Crippen LogP contribution in [-0.2, 0) is 11.3 Å². The Morgan fingerprint density at radius 1 is 1.50 bits per heavy atom. The maximum absolute atomic E-state index is 5.34. The van der Waals surface area contributed by atoms with Gasteiger partial charge >= 0.3 is 0 Å². The first-order valence-electron chi connectivity index (χ1n) is 4.56. The van der Waals surface area contributed by atoms with Crippen LogP contribution in [0.2, 0.25) is 0 Å². The molecular formula is C9H11N5OS. The highest BCUT2D eigenvalue weighted by Gasteiger charge is 2.07. The lowest BCUT2D eigenvalue weighted by Crippen LogP contribution is -2.10. The summed E-state index contributed by atoms with van der Waals surface area (Å²) in [5.41, 5.74) is 5.01. The number of methoxy groups -OCH3 is 1. The quantitative estimate of drug-likeness (QED) is 0.610. The molecule has 6 nitrogen and oxygen atoms in total. The van der Waals surface area contributed by atoms with Crippen molar-refractivity contribution in [1.82, 2.24) is 15.0 Å². The van der Waals surface area contributed by atoms with Crippen LogP contribution in [0.15, 0.2) is 17.8 Å². The summed E-state index contributed by atoms with van der Waals surface area (Å²) < 4.78 is 5.03. The molecule has 0 amide bonds. The Labute approximate surface area is 96.5 Å². The predicted molar refractivity (Wildman–Crippen MR) is 61.7 cm³/mol. The van der Waals surface area contributed by atoms with Crippen LogP contribution in [-0.4, -0.2) is 22.1 Å². The fourth-order valence-electron chi connectivity index (χ4n) is 1.23. The third-order valence-electron chi connectivity index (χ3n) is 1.87. The molecule has 0 radical (unpaired) electrons. The van der Waals surface area contributed by atoms with E-state index in [1.165, 1.54) is 11.3 Å². The van der Waals surface area contributed by atoms with Gasteiger partial charge in [0.05, 0.1) is 22.7 Å². The lowest BCUT2D eigenvalue weighted by Gasteiger charge is -2.05. The summed E-state index contributed by atoms with van der Waals surface area (Å²) in [6.45, 7) is 0.420. The summed E-state index contributed by atoms with van der Waals surface area (Å²) in [5, 5.41) is 0. The standard InChI is InChI=1S/C9H11N5OS/c1-15-4-6-2-8(14-10)13-9(12-6)7-3-11-5-16-7/h2-3,5H,4,10H2,1H3,(H,12,13,14). The molecule has 0 atom stereocenters. The molecule has 0 aliphatic heterocycles. The highest BCUT2D eigenvalue weighted by atomic mass is 32.1. The zero-order valence-electron chi connectivity index (χ0n) is 8.67. The minimum Gasteiger partial charge on any atom is -0.378 e. The van der Waals surface area contributed by atoms with Crippen LogP contribution >= 0.6 is 11.3 Å². The van der Waals surface area contributed by atoms with Gasteiger partial charge in [-0.25, -0.2) is 15.8 Å². The molecule has 0 aliphatic carbocycles. The smallest absolute Gasteiger partial charge is 0.173 e. The van der Waals surface area contributed by atoms with E-state index in [0.29, 0.717) is 18.2 Å². The number of thiazole rings is 1. The van der Waals surface area contributed by atoms with Crippen LogP contribution in [0.25, 0.3) is 10.7 Å². The summed E-state index contributed by atoms with van der Waals surface area (Å²) in [6, 6.07) is 1.74. The van der Waals surface area contributed by atoms with Gasteiger partial charge in [0, 0.05) is 19.4 Å². The van der Waals surface area contributed by atoms with E-state index in [2.05, 4.69) is 20.4 Å². The molecule has 16 heavy (non-hydrogen) atoms. The van der Waals surface area contributed by atoms with Gasteiger partial charge in [-0.2, -0.15) is 0 Å². The molecule has 2 rings (SSSR count). The van der Waals surface area contributed by atoms with Crippen LogP contribution in [0, 0.1) is 0 Å². The predicted octanol–water partition coefficient (Wildman–Crippen LogP) is 1.03. The van der Waals surface area contributed by atoms with Gasteiger partial charge in [0.15, 0.2) is 5.82 Å². The van der Waals surface area contributed by atoms with E-state index >= 15 is 0 Å². The fraction of sp³-hybridized carbons (Fsp3) is 0.222. The summed E-state index contributed by atoms with van der Waals surface area (Å²) >= 11 is 1.48. The molecule has 0 spiro atoms. The summed E-state index contributed by atoms with van der Waals surface area (Å²) in [5.74, 6) is 6.51. The molecule has 2 aromatic heterocycles. The molecule has 0 saturated carbocycles. The van der Waals surface area contributed by atoms with Crippen molar-refractivity contribution < 1.29 is 4.74 Å². The summed E-state index contributed by atoms with van der Waals surface area (Å²) in [7, 11) is 1.62. The average molecular weight is 237 g/mol. The largest absolute Gasteiger partial charge is 0.378 e. The number of hydrogen-bond donors (Lipinski definition) is 2. The Kier molecular flexibility index (Phi) is 3.40. The molecular weight excluding hydrogens is 226 g/mol. The van der Waals surface area contributed by atoms with Gasteiger partial charge in [0.2, 0.25) is 0 Å². The number of nitrogens with two attached hydrogens (primary N) is 1. The first-order valence-corrected chi connectivity index (χ1v) is 5.44. The highest BCUT2D eigenvalue weighted by Crippen LogP contribution is 2.21. The van der Waals surface area contributed by atoms with Gasteiger partial charge in [-0.05, 0) is 0 Å².